The summed E-state index contributed by atoms with van der Waals surface area (Å²) in [6.07, 6.45) is 3.82. The van der Waals surface area contributed by atoms with Crippen LogP contribution in [-0.2, 0) is 20.6 Å². The van der Waals surface area contributed by atoms with Crippen molar-refractivity contribution in [2.75, 3.05) is 0 Å². The lowest BCUT2D eigenvalue weighted by Gasteiger charge is -2.22. The van der Waals surface area contributed by atoms with Gasteiger partial charge in [0, 0.05) is 44.6 Å². The highest BCUT2D eigenvalue weighted by Crippen LogP contribution is 2.11. The molecule has 7 heteroatoms. The molecule has 0 aromatic carbocycles. The van der Waals surface area contributed by atoms with Gasteiger partial charge in [0.2, 0.25) is 0 Å². The zero-order chi connectivity index (χ0) is 16.4. The van der Waals surface area contributed by atoms with E-state index in [9.17, 15) is 9.59 Å². The van der Waals surface area contributed by atoms with E-state index in [-0.39, 0.29) is 23.3 Å². The number of hydrogen-bond donors (Lipinski definition) is 1. The molecule has 2 aromatic heterocycles. The topological polar surface area (TPSA) is 73.8 Å². The first-order valence-electron chi connectivity index (χ1n) is 7.31. The molecule has 2 heterocycles. The molecule has 120 valence electrons. The second kappa shape index (κ2) is 6.31. The second-order valence-corrected chi connectivity index (χ2v) is 5.78. The van der Waals surface area contributed by atoms with Gasteiger partial charge in [-0.3, -0.25) is 18.6 Å². The predicted octanol–water partition coefficient (Wildman–Crippen LogP) is 0.328. The SMILES string of the molecule is Cc1cnn(C(C)C(C)NCc2cc(=O)n(C)c(=O)n2C)c1. The standard InChI is InChI=1S/C15H23N5O2/c1-10-7-17-20(9-10)12(3)11(2)16-8-13-6-14(21)19(5)15(22)18(13)4/h6-7,9,11-12,16H,8H2,1-5H3. The lowest BCUT2D eigenvalue weighted by Crippen LogP contribution is -2.40. The lowest BCUT2D eigenvalue weighted by molar-refractivity contribution is 0.361. The van der Waals surface area contributed by atoms with Gasteiger partial charge in [-0.05, 0) is 26.3 Å². The third-order valence-corrected chi connectivity index (χ3v) is 4.10. The maximum absolute atomic E-state index is 11.9. The Kier molecular flexibility index (Phi) is 4.65. The summed E-state index contributed by atoms with van der Waals surface area (Å²) in [6, 6.07) is 1.79. The van der Waals surface area contributed by atoms with Crippen LogP contribution in [0.3, 0.4) is 0 Å². The third-order valence-electron chi connectivity index (χ3n) is 4.10. The van der Waals surface area contributed by atoms with Crippen LogP contribution in [0.4, 0.5) is 0 Å². The first-order chi connectivity index (χ1) is 10.3. The Morgan fingerprint density at radius 2 is 1.91 bits per heavy atom. The van der Waals surface area contributed by atoms with Gasteiger partial charge in [0.1, 0.15) is 0 Å². The van der Waals surface area contributed by atoms with Crippen LogP contribution in [-0.4, -0.2) is 25.0 Å². The Labute approximate surface area is 129 Å². The van der Waals surface area contributed by atoms with Crippen LogP contribution in [0.1, 0.15) is 31.1 Å². The molecule has 22 heavy (non-hydrogen) atoms. The van der Waals surface area contributed by atoms with Crippen molar-refractivity contribution in [2.24, 2.45) is 14.1 Å². The maximum atomic E-state index is 11.9. The molecule has 0 saturated heterocycles. The van der Waals surface area contributed by atoms with E-state index in [1.165, 1.54) is 17.7 Å². The van der Waals surface area contributed by atoms with E-state index in [0.29, 0.717) is 12.2 Å². The lowest BCUT2D eigenvalue weighted by atomic mass is 10.1. The van der Waals surface area contributed by atoms with Gasteiger partial charge in [-0.2, -0.15) is 5.10 Å². The van der Waals surface area contributed by atoms with Crippen molar-refractivity contribution in [1.82, 2.24) is 24.2 Å². The molecule has 0 saturated carbocycles. The van der Waals surface area contributed by atoms with Crippen LogP contribution in [0, 0.1) is 6.92 Å². The highest BCUT2D eigenvalue weighted by Gasteiger charge is 2.15. The third kappa shape index (κ3) is 3.19. The molecule has 7 nitrogen and oxygen atoms in total. The number of nitrogens with one attached hydrogen (secondary N) is 1. The Morgan fingerprint density at radius 3 is 2.50 bits per heavy atom. The van der Waals surface area contributed by atoms with Crippen molar-refractivity contribution in [3.8, 4) is 0 Å². The van der Waals surface area contributed by atoms with E-state index in [4.69, 9.17) is 0 Å². The summed E-state index contributed by atoms with van der Waals surface area (Å²) in [4.78, 5) is 23.6. The number of hydrogen-bond acceptors (Lipinski definition) is 4. The number of aromatic nitrogens is 4. The fourth-order valence-corrected chi connectivity index (χ4v) is 2.27. The average molecular weight is 305 g/mol. The van der Waals surface area contributed by atoms with Crippen LogP contribution in [0.15, 0.2) is 28.0 Å². The molecule has 2 rings (SSSR count). The molecule has 0 spiro atoms. The average Bonchev–Trinajstić information content (AvgIpc) is 2.92. The fraction of sp³-hybridized carbons (Fsp3) is 0.533. The van der Waals surface area contributed by atoms with Crippen molar-refractivity contribution in [3.05, 3.63) is 50.6 Å². The van der Waals surface area contributed by atoms with Gasteiger partial charge in [-0.1, -0.05) is 0 Å². The molecule has 0 amide bonds. The molecule has 1 N–H and O–H groups in total. The largest absolute Gasteiger partial charge is 0.330 e. The highest BCUT2D eigenvalue weighted by atomic mass is 16.2. The molecular weight excluding hydrogens is 282 g/mol. The molecule has 0 bridgehead atoms. The Balaban J connectivity index is 2.10. The fourth-order valence-electron chi connectivity index (χ4n) is 2.27. The van der Waals surface area contributed by atoms with Crippen molar-refractivity contribution in [2.45, 2.75) is 39.4 Å². The minimum atomic E-state index is -0.312. The van der Waals surface area contributed by atoms with Crippen LogP contribution < -0.4 is 16.6 Å². The smallest absolute Gasteiger partial charge is 0.307 e. The highest BCUT2D eigenvalue weighted by molar-refractivity contribution is 5.03. The quantitative estimate of drug-likeness (QED) is 0.864. The van der Waals surface area contributed by atoms with E-state index in [1.807, 2.05) is 24.0 Å². The molecule has 0 aliphatic carbocycles. The summed E-state index contributed by atoms with van der Waals surface area (Å²) in [7, 11) is 3.15. The van der Waals surface area contributed by atoms with Gasteiger partial charge in [-0.15, -0.1) is 0 Å². The Bertz CT molecular complexity index is 771. The summed E-state index contributed by atoms with van der Waals surface area (Å²) >= 11 is 0. The molecular formula is C15H23N5O2. The van der Waals surface area contributed by atoms with Crippen LogP contribution >= 0.6 is 0 Å². The van der Waals surface area contributed by atoms with Crippen LogP contribution in [0.25, 0.3) is 0 Å². The first-order valence-corrected chi connectivity index (χ1v) is 7.31. The van der Waals surface area contributed by atoms with Crippen molar-refractivity contribution in [1.29, 1.82) is 0 Å². The van der Waals surface area contributed by atoms with E-state index in [2.05, 4.69) is 24.3 Å². The molecule has 2 unspecified atom stereocenters. The van der Waals surface area contributed by atoms with Gasteiger partial charge in [-0.25, -0.2) is 4.79 Å². The number of rotatable bonds is 5. The van der Waals surface area contributed by atoms with Crippen molar-refractivity contribution in [3.63, 3.8) is 0 Å². The summed E-state index contributed by atoms with van der Waals surface area (Å²) in [5, 5.41) is 7.67. The van der Waals surface area contributed by atoms with Gasteiger partial charge < -0.3 is 5.32 Å². The molecule has 2 atom stereocenters. The number of nitrogens with zero attached hydrogens (tertiary/aromatic N) is 4. The normalized spacial score (nSPS) is 14.0. The minimum Gasteiger partial charge on any atom is -0.307 e. The molecule has 0 aliphatic rings. The van der Waals surface area contributed by atoms with Gasteiger partial charge in [0.05, 0.1) is 12.2 Å². The molecule has 2 aromatic rings. The van der Waals surface area contributed by atoms with Crippen molar-refractivity contribution < 1.29 is 0 Å². The number of aryl methyl sites for hydroxylation is 1. The van der Waals surface area contributed by atoms with E-state index in [1.54, 1.807) is 7.05 Å². The summed E-state index contributed by atoms with van der Waals surface area (Å²) < 4.78 is 4.50. The minimum absolute atomic E-state index is 0.137. The monoisotopic (exact) mass is 305 g/mol. The predicted molar refractivity (Wildman–Crippen MR) is 84.9 cm³/mol. The molecule has 0 fully saturated rings. The van der Waals surface area contributed by atoms with E-state index in [0.717, 1.165) is 10.1 Å². The Hall–Kier alpha value is -2.15. The summed E-state index contributed by atoms with van der Waals surface area (Å²) in [6.45, 7) is 6.59. The van der Waals surface area contributed by atoms with Gasteiger partial charge in [0.25, 0.3) is 5.56 Å². The summed E-state index contributed by atoms with van der Waals surface area (Å²) in [5.41, 5.74) is 1.19. The van der Waals surface area contributed by atoms with Gasteiger partial charge in [0.15, 0.2) is 0 Å². The zero-order valence-corrected chi connectivity index (χ0v) is 13.7. The molecule has 0 aliphatic heterocycles. The maximum Gasteiger partial charge on any atom is 0.330 e. The van der Waals surface area contributed by atoms with Crippen LogP contribution in [0.5, 0.6) is 0 Å². The molecule has 0 radical (unpaired) electrons. The first kappa shape index (κ1) is 16.2. The zero-order valence-electron chi connectivity index (χ0n) is 13.7. The van der Waals surface area contributed by atoms with Crippen LogP contribution in [0.2, 0.25) is 0 Å². The summed E-state index contributed by atoms with van der Waals surface area (Å²) in [5.74, 6) is 0. The van der Waals surface area contributed by atoms with E-state index >= 15 is 0 Å². The van der Waals surface area contributed by atoms with E-state index < -0.39 is 0 Å². The van der Waals surface area contributed by atoms with Crippen molar-refractivity contribution >= 4 is 0 Å². The van der Waals surface area contributed by atoms with Gasteiger partial charge >= 0.3 is 5.69 Å². The second-order valence-electron chi connectivity index (χ2n) is 5.78. The Morgan fingerprint density at radius 1 is 1.23 bits per heavy atom.